The third-order valence-electron chi connectivity index (χ3n) is 6.04. The predicted molar refractivity (Wildman–Crippen MR) is 109 cm³/mol. The van der Waals surface area contributed by atoms with Crippen molar-refractivity contribution in [1.82, 2.24) is 10.2 Å². The molecular formula is C21H28N4O4. The molecule has 29 heavy (non-hydrogen) atoms. The zero-order valence-electron chi connectivity index (χ0n) is 16.6. The summed E-state index contributed by atoms with van der Waals surface area (Å²) in [5.41, 5.74) is 1.07. The van der Waals surface area contributed by atoms with E-state index in [2.05, 4.69) is 15.5 Å². The minimum Gasteiger partial charge on any atom is -0.378 e. The predicted octanol–water partition coefficient (Wildman–Crippen LogP) is 2.11. The summed E-state index contributed by atoms with van der Waals surface area (Å²) in [5.74, 6) is -0.390. The number of hydrogen-bond acceptors (Lipinski definition) is 5. The van der Waals surface area contributed by atoms with Gasteiger partial charge >= 0.3 is 6.03 Å². The molecule has 1 aliphatic carbocycles. The lowest BCUT2D eigenvalue weighted by Crippen LogP contribution is -2.48. The van der Waals surface area contributed by atoms with E-state index < -0.39 is 5.54 Å². The van der Waals surface area contributed by atoms with Crippen molar-refractivity contribution in [3.8, 4) is 0 Å². The van der Waals surface area contributed by atoms with E-state index in [1.165, 1.54) is 4.90 Å². The molecule has 0 bridgehead atoms. The summed E-state index contributed by atoms with van der Waals surface area (Å²) < 4.78 is 5.36. The highest BCUT2D eigenvalue weighted by Gasteiger charge is 2.51. The first kappa shape index (κ1) is 19.7. The molecule has 8 nitrogen and oxygen atoms in total. The lowest BCUT2D eigenvalue weighted by molar-refractivity contribution is -0.132. The quantitative estimate of drug-likeness (QED) is 0.739. The van der Waals surface area contributed by atoms with Crippen molar-refractivity contribution in [1.29, 1.82) is 0 Å². The van der Waals surface area contributed by atoms with Crippen molar-refractivity contribution < 1.29 is 19.1 Å². The van der Waals surface area contributed by atoms with Crippen molar-refractivity contribution in [2.75, 3.05) is 43.1 Å². The van der Waals surface area contributed by atoms with Crippen LogP contribution in [0.15, 0.2) is 24.3 Å². The van der Waals surface area contributed by atoms with Gasteiger partial charge in [-0.1, -0.05) is 19.3 Å². The van der Waals surface area contributed by atoms with Crippen LogP contribution in [0.5, 0.6) is 0 Å². The van der Waals surface area contributed by atoms with Crippen molar-refractivity contribution in [2.45, 2.75) is 44.1 Å². The molecule has 0 radical (unpaired) electrons. The molecule has 2 heterocycles. The van der Waals surface area contributed by atoms with Gasteiger partial charge in [0, 0.05) is 37.4 Å². The first-order valence-corrected chi connectivity index (χ1v) is 10.4. The molecule has 4 amide bonds. The van der Waals surface area contributed by atoms with Gasteiger partial charge in [0.25, 0.3) is 5.91 Å². The number of amides is 4. The van der Waals surface area contributed by atoms with E-state index in [9.17, 15) is 14.4 Å². The Hall–Kier alpha value is -2.61. The van der Waals surface area contributed by atoms with Crippen LogP contribution in [0.25, 0.3) is 0 Å². The van der Waals surface area contributed by atoms with Gasteiger partial charge in [-0.15, -0.1) is 0 Å². The molecule has 8 heteroatoms. The largest absolute Gasteiger partial charge is 0.378 e. The van der Waals surface area contributed by atoms with Gasteiger partial charge in [-0.25, -0.2) is 4.79 Å². The van der Waals surface area contributed by atoms with Crippen molar-refractivity contribution in [3.05, 3.63) is 24.3 Å². The number of carbonyl (C=O) groups excluding carboxylic acids is 3. The number of anilines is 2. The average molecular weight is 400 g/mol. The molecule has 1 spiro atoms. The molecule has 2 saturated heterocycles. The van der Waals surface area contributed by atoms with Crippen LogP contribution in [-0.2, 0) is 14.3 Å². The number of rotatable bonds is 5. The third-order valence-corrected chi connectivity index (χ3v) is 6.04. The zero-order valence-corrected chi connectivity index (χ0v) is 16.6. The van der Waals surface area contributed by atoms with Gasteiger partial charge in [0.2, 0.25) is 5.91 Å². The van der Waals surface area contributed by atoms with E-state index in [0.29, 0.717) is 18.5 Å². The van der Waals surface area contributed by atoms with Crippen LogP contribution in [0.3, 0.4) is 0 Å². The summed E-state index contributed by atoms with van der Waals surface area (Å²) in [4.78, 5) is 40.8. The zero-order chi connectivity index (χ0) is 20.3. The number of benzene rings is 1. The number of imide groups is 1. The van der Waals surface area contributed by atoms with Crippen LogP contribution in [0.1, 0.15) is 38.5 Å². The Morgan fingerprint density at radius 2 is 1.76 bits per heavy atom. The van der Waals surface area contributed by atoms with E-state index in [1.54, 1.807) is 0 Å². The SMILES string of the molecule is O=C(CCN1C(=O)NC2(CCCCC2)C1=O)Nc1ccc(N2CCOCC2)cc1. The maximum absolute atomic E-state index is 12.7. The van der Waals surface area contributed by atoms with Gasteiger partial charge in [0.15, 0.2) is 0 Å². The minimum atomic E-state index is -0.735. The minimum absolute atomic E-state index is 0.0838. The van der Waals surface area contributed by atoms with Gasteiger partial charge in [-0.2, -0.15) is 0 Å². The van der Waals surface area contributed by atoms with E-state index in [1.807, 2.05) is 24.3 Å². The highest BCUT2D eigenvalue weighted by molar-refractivity contribution is 6.07. The van der Waals surface area contributed by atoms with Crippen LogP contribution < -0.4 is 15.5 Å². The fourth-order valence-electron chi connectivity index (χ4n) is 4.39. The van der Waals surface area contributed by atoms with Crippen LogP contribution >= 0.6 is 0 Å². The molecule has 1 aromatic carbocycles. The summed E-state index contributed by atoms with van der Waals surface area (Å²) in [6.07, 6.45) is 4.45. The van der Waals surface area contributed by atoms with Crippen molar-refractivity contribution >= 4 is 29.2 Å². The van der Waals surface area contributed by atoms with Gasteiger partial charge < -0.3 is 20.3 Å². The molecule has 2 aliphatic heterocycles. The van der Waals surface area contributed by atoms with Crippen molar-refractivity contribution in [2.24, 2.45) is 0 Å². The Kier molecular flexibility index (Phi) is 5.71. The Bertz CT molecular complexity index is 767. The summed E-state index contributed by atoms with van der Waals surface area (Å²) in [5, 5.41) is 5.72. The van der Waals surface area contributed by atoms with Gasteiger partial charge in [-0.3, -0.25) is 14.5 Å². The second-order valence-electron chi connectivity index (χ2n) is 7.97. The first-order valence-electron chi connectivity index (χ1n) is 10.4. The smallest absolute Gasteiger partial charge is 0.325 e. The van der Waals surface area contributed by atoms with Crippen molar-refractivity contribution in [3.63, 3.8) is 0 Å². The topological polar surface area (TPSA) is 91.0 Å². The second-order valence-corrected chi connectivity index (χ2v) is 7.97. The normalized spacial score (nSPS) is 21.4. The monoisotopic (exact) mass is 400 g/mol. The highest BCUT2D eigenvalue weighted by atomic mass is 16.5. The number of nitrogens with zero attached hydrogens (tertiary/aromatic N) is 2. The van der Waals surface area contributed by atoms with Crippen LogP contribution in [-0.4, -0.2) is 61.1 Å². The van der Waals surface area contributed by atoms with E-state index in [0.717, 1.165) is 51.3 Å². The van der Waals surface area contributed by atoms with E-state index in [-0.39, 0.29) is 30.8 Å². The maximum Gasteiger partial charge on any atom is 0.325 e. The summed E-state index contributed by atoms with van der Waals surface area (Å²) >= 11 is 0. The summed E-state index contributed by atoms with van der Waals surface area (Å²) in [6.45, 7) is 3.27. The fourth-order valence-corrected chi connectivity index (χ4v) is 4.39. The second kappa shape index (κ2) is 8.41. The molecule has 3 fully saturated rings. The van der Waals surface area contributed by atoms with Gasteiger partial charge in [-0.05, 0) is 37.1 Å². The number of hydrogen-bond donors (Lipinski definition) is 2. The van der Waals surface area contributed by atoms with Crippen LogP contribution in [0, 0.1) is 0 Å². The number of morpholine rings is 1. The third kappa shape index (κ3) is 4.22. The molecule has 1 aromatic rings. The highest BCUT2D eigenvalue weighted by Crippen LogP contribution is 2.33. The summed E-state index contributed by atoms with van der Waals surface area (Å²) in [7, 11) is 0. The molecule has 156 valence electrons. The average Bonchev–Trinajstić information content (AvgIpc) is 2.97. The van der Waals surface area contributed by atoms with Crippen LogP contribution in [0.4, 0.5) is 16.2 Å². The Morgan fingerprint density at radius 3 is 2.45 bits per heavy atom. The fraction of sp³-hybridized carbons (Fsp3) is 0.571. The van der Waals surface area contributed by atoms with Gasteiger partial charge in [0.05, 0.1) is 13.2 Å². The standard InChI is InChI=1S/C21H28N4O4/c26-18(22-16-4-6-17(7-5-16)24-12-14-29-15-13-24)8-11-25-19(27)21(23-20(25)28)9-2-1-3-10-21/h4-7H,1-3,8-15H2,(H,22,26)(H,23,28). The molecule has 4 rings (SSSR count). The number of carbonyl (C=O) groups is 3. The number of urea groups is 1. The molecule has 1 saturated carbocycles. The van der Waals surface area contributed by atoms with E-state index in [4.69, 9.17) is 4.74 Å². The first-order chi connectivity index (χ1) is 14.1. The molecule has 0 unspecified atom stereocenters. The maximum atomic E-state index is 12.7. The molecule has 0 aromatic heterocycles. The lowest BCUT2D eigenvalue weighted by atomic mass is 9.82. The molecular weight excluding hydrogens is 372 g/mol. The summed E-state index contributed by atoms with van der Waals surface area (Å²) in [6, 6.07) is 7.32. The molecule has 0 atom stereocenters. The Morgan fingerprint density at radius 1 is 1.07 bits per heavy atom. The molecule has 3 aliphatic rings. The lowest BCUT2D eigenvalue weighted by Gasteiger charge is -2.30. The van der Waals surface area contributed by atoms with E-state index >= 15 is 0 Å². The Balaban J connectivity index is 1.28. The Labute approximate surface area is 170 Å². The number of ether oxygens (including phenoxy) is 1. The number of nitrogens with one attached hydrogen (secondary N) is 2. The van der Waals surface area contributed by atoms with Crippen LogP contribution in [0.2, 0.25) is 0 Å². The van der Waals surface area contributed by atoms with Gasteiger partial charge in [0.1, 0.15) is 5.54 Å². The molecule has 2 N–H and O–H groups in total.